The highest BCUT2D eigenvalue weighted by Crippen LogP contribution is 2.71. The second-order valence-electron chi connectivity index (χ2n) is 27.1. The minimum Gasteiger partial charge on any atom is -0.394 e. The normalized spacial score (nSPS) is 55.8. The number of rotatable bonds is 18. The number of hydrogen-bond donors (Lipinski definition) is 17. The largest absolute Gasteiger partial charge is 0.394 e. The molecule has 28 heteroatoms. The van der Waals surface area contributed by atoms with Crippen molar-refractivity contribution in [2.45, 2.75) is 270 Å². The van der Waals surface area contributed by atoms with Crippen LogP contribution in [-0.4, -0.2) is 291 Å². The van der Waals surface area contributed by atoms with Gasteiger partial charge < -0.3 is 139 Å². The molecule has 4 saturated carbocycles. The topological polar surface area (TPSA) is 445 Å². The molecule has 492 valence electrons. The van der Waals surface area contributed by atoms with Crippen molar-refractivity contribution in [1.82, 2.24) is 0 Å². The van der Waals surface area contributed by atoms with Gasteiger partial charge in [-0.2, -0.15) is 0 Å². The maximum absolute atomic E-state index is 12.4. The minimum absolute atomic E-state index is 0.0792. The van der Waals surface area contributed by atoms with E-state index in [4.69, 9.17) is 52.1 Å². The van der Waals surface area contributed by atoms with Crippen LogP contribution in [0.4, 0.5) is 0 Å². The van der Waals surface area contributed by atoms with Gasteiger partial charge in [0.1, 0.15) is 116 Å². The van der Waals surface area contributed by atoms with Gasteiger partial charge in [-0.3, -0.25) is 0 Å². The third-order valence-corrected chi connectivity index (χ3v) is 22.2. The summed E-state index contributed by atoms with van der Waals surface area (Å²) in [5.74, 6) is -0.132. The fourth-order valence-corrected chi connectivity index (χ4v) is 17.1. The van der Waals surface area contributed by atoms with Gasteiger partial charge in [0.2, 0.25) is 0 Å². The number of ether oxygens (including phenoxy) is 11. The first kappa shape index (κ1) is 66.8. The molecule has 0 bridgehead atoms. The van der Waals surface area contributed by atoms with Crippen molar-refractivity contribution in [2.24, 2.45) is 52.3 Å². The SMILES string of the molecule is C[C@H](CCC1(O)O[C@H]2C[C@H]3[C@@H]4CC[C@H]5C[C@@H](O[C@@H]6O[C@H](CO)[C@H](O[C@@H]7O[C@H](CO)[C@@H](O)[C@H](O)[C@H]7O[C@@H]7O[C@H](CO)[C@@H](O)[C@H](O)[C@H]7O)[C@H](O)[C@H]6O[C@@H]6O[C@@H](C)[C@H](O)[C@@H](O)[C@H]6O)CC[C@]5(C)[C@H]4CC[C@]3(C)[C@H]2[C@@H]1C)CO[C@@H]1O[C@H](CO)[C@@H](O)[C@H](O)[C@H]1O. The van der Waals surface area contributed by atoms with Crippen LogP contribution in [-0.2, 0) is 52.1 Å². The molecule has 0 spiro atoms. The molecule has 0 amide bonds. The van der Waals surface area contributed by atoms with E-state index in [9.17, 15) is 86.8 Å². The van der Waals surface area contributed by atoms with Gasteiger partial charge in [-0.05, 0) is 111 Å². The second kappa shape index (κ2) is 26.5. The summed E-state index contributed by atoms with van der Waals surface area (Å²) >= 11 is 0. The lowest BCUT2D eigenvalue weighted by molar-refractivity contribution is -0.402. The molecule has 6 heterocycles. The monoisotopic (exact) mass is 1230 g/mol. The average molecular weight is 1230 g/mol. The van der Waals surface area contributed by atoms with Crippen molar-refractivity contribution in [3.63, 3.8) is 0 Å². The Hall–Kier alpha value is -1.12. The highest BCUT2D eigenvalue weighted by atomic mass is 16.8. The molecule has 85 heavy (non-hydrogen) atoms. The van der Waals surface area contributed by atoms with Crippen molar-refractivity contribution in [1.29, 1.82) is 0 Å². The Morgan fingerprint density at radius 2 is 0.988 bits per heavy atom. The van der Waals surface area contributed by atoms with Gasteiger partial charge in [0, 0.05) is 12.3 Å². The zero-order chi connectivity index (χ0) is 61.5. The predicted octanol–water partition coefficient (Wildman–Crippen LogP) is -5.10. The van der Waals surface area contributed by atoms with Gasteiger partial charge in [-0.25, -0.2) is 0 Å². The van der Waals surface area contributed by atoms with Gasteiger partial charge in [0.05, 0.1) is 51.3 Å². The first-order valence-corrected chi connectivity index (χ1v) is 30.7. The standard InChI is InChI=1S/C57H96O28/c1-21(20-75-50-43(70)40(67)36(63)30(16-58)78-50)8-13-57(74)22(2)34-29(85-57)15-28-26-7-6-24-14-25(9-11-55(24,4)27(26)10-12-56(28,34)5)77-53-49(84-51-44(71)39(66)35(62)23(3)76-51)46(73)47(33(19-61)81-53)82-54-48(42(69)38(65)32(18-60)80-54)83-52-45(72)41(68)37(64)31(17-59)79-52/h21-54,58-74H,6-20H2,1-5H3/t21-,22+,23+,24+,25+,26-,27+,28+,29+,30-,31-,32-,33-,34+,35+,36-,37-,38-,39-,40+,41+,42+,43-,44-,45-,46+,47+,48-,49-,50-,51+,52+,53-,54+,55+,56+,57?/m1/s1. The molecular weight excluding hydrogens is 1130 g/mol. The summed E-state index contributed by atoms with van der Waals surface area (Å²) in [5, 5.41) is 183. The van der Waals surface area contributed by atoms with Crippen LogP contribution in [0, 0.1) is 52.3 Å². The fourth-order valence-electron chi connectivity index (χ4n) is 17.1. The molecule has 0 radical (unpaired) electrons. The number of aliphatic hydroxyl groups excluding tert-OH is 16. The average Bonchev–Trinajstić information content (AvgIpc) is 1.73. The summed E-state index contributed by atoms with van der Waals surface area (Å²) in [6.45, 7) is 7.28. The Bertz CT molecular complexity index is 2170. The van der Waals surface area contributed by atoms with Crippen LogP contribution < -0.4 is 0 Å². The smallest absolute Gasteiger partial charge is 0.187 e. The number of fused-ring (bicyclic) bond motifs is 7. The van der Waals surface area contributed by atoms with Crippen LogP contribution in [0.2, 0.25) is 0 Å². The molecular formula is C57H96O28. The number of aliphatic hydroxyl groups is 17. The Balaban J connectivity index is 0.801. The van der Waals surface area contributed by atoms with Crippen molar-refractivity contribution in [3.8, 4) is 0 Å². The second-order valence-corrected chi connectivity index (χ2v) is 27.1. The van der Waals surface area contributed by atoms with Crippen LogP contribution in [0.25, 0.3) is 0 Å². The molecule has 6 saturated heterocycles. The third-order valence-electron chi connectivity index (χ3n) is 22.2. The van der Waals surface area contributed by atoms with Gasteiger partial charge in [0.25, 0.3) is 0 Å². The summed E-state index contributed by atoms with van der Waals surface area (Å²) in [5.41, 5.74) is -0.162. The van der Waals surface area contributed by atoms with Gasteiger partial charge in [0.15, 0.2) is 37.2 Å². The van der Waals surface area contributed by atoms with E-state index >= 15 is 0 Å². The first-order chi connectivity index (χ1) is 40.2. The molecule has 17 N–H and O–H groups in total. The molecule has 0 aromatic heterocycles. The number of hydrogen-bond acceptors (Lipinski definition) is 28. The van der Waals surface area contributed by atoms with Gasteiger partial charge >= 0.3 is 0 Å². The molecule has 0 aromatic rings. The molecule has 10 rings (SSSR count). The molecule has 0 aromatic carbocycles. The van der Waals surface area contributed by atoms with Crippen LogP contribution in [0.1, 0.15) is 98.8 Å². The lowest BCUT2D eigenvalue weighted by Crippen LogP contribution is -2.68. The molecule has 4 aliphatic carbocycles. The van der Waals surface area contributed by atoms with Crippen LogP contribution >= 0.6 is 0 Å². The van der Waals surface area contributed by atoms with E-state index in [1.165, 1.54) is 6.92 Å². The summed E-state index contributed by atoms with van der Waals surface area (Å²) in [7, 11) is 0. The van der Waals surface area contributed by atoms with Crippen LogP contribution in [0.3, 0.4) is 0 Å². The molecule has 10 aliphatic rings. The van der Waals surface area contributed by atoms with E-state index in [0.717, 1.165) is 38.5 Å². The van der Waals surface area contributed by atoms with Crippen molar-refractivity contribution in [2.75, 3.05) is 33.0 Å². The van der Waals surface area contributed by atoms with Crippen LogP contribution in [0.5, 0.6) is 0 Å². The Morgan fingerprint density at radius 1 is 0.482 bits per heavy atom. The van der Waals surface area contributed by atoms with E-state index < -0.39 is 192 Å². The minimum atomic E-state index is -1.98. The summed E-state index contributed by atoms with van der Waals surface area (Å²) < 4.78 is 66.8. The zero-order valence-electron chi connectivity index (χ0n) is 48.8. The first-order valence-electron chi connectivity index (χ1n) is 30.7. The van der Waals surface area contributed by atoms with E-state index in [-0.39, 0.29) is 47.2 Å². The van der Waals surface area contributed by atoms with Crippen molar-refractivity contribution >= 4 is 0 Å². The summed E-state index contributed by atoms with van der Waals surface area (Å²) in [6.07, 6.45) is -34.2. The molecule has 10 fully saturated rings. The quantitative estimate of drug-likeness (QED) is 0.0571. The third kappa shape index (κ3) is 12.3. The van der Waals surface area contributed by atoms with E-state index in [0.29, 0.717) is 43.4 Å². The molecule has 28 nitrogen and oxygen atoms in total. The fraction of sp³-hybridized carbons (Fsp3) is 1.00. The highest BCUT2D eigenvalue weighted by Gasteiger charge is 2.69. The lowest BCUT2D eigenvalue weighted by atomic mass is 9.44. The molecule has 6 aliphatic heterocycles. The van der Waals surface area contributed by atoms with Gasteiger partial charge in [-0.15, -0.1) is 0 Å². The maximum atomic E-state index is 12.4. The maximum Gasteiger partial charge on any atom is 0.187 e. The summed E-state index contributed by atoms with van der Waals surface area (Å²) in [4.78, 5) is 0. The van der Waals surface area contributed by atoms with Crippen LogP contribution in [0.15, 0.2) is 0 Å². The Kier molecular flexibility index (Phi) is 20.8. The predicted molar refractivity (Wildman–Crippen MR) is 283 cm³/mol. The van der Waals surface area contributed by atoms with E-state index in [1.807, 2.05) is 6.92 Å². The van der Waals surface area contributed by atoms with E-state index in [2.05, 4.69) is 20.8 Å². The molecule has 1 unspecified atom stereocenters. The van der Waals surface area contributed by atoms with Crippen molar-refractivity contribution < 1.29 is 139 Å². The molecule has 37 atom stereocenters. The Labute approximate surface area is 493 Å². The Morgan fingerprint density at radius 3 is 1.61 bits per heavy atom. The van der Waals surface area contributed by atoms with Gasteiger partial charge in [-0.1, -0.05) is 27.7 Å². The van der Waals surface area contributed by atoms with Crippen molar-refractivity contribution in [3.05, 3.63) is 0 Å². The lowest BCUT2D eigenvalue weighted by Gasteiger charge is -2.61. The highest BCUT2D eigenvalue weighted by molar-refractivity contribution is 5.15. The van der Waals surface area contributed by atoms with E-state index in [1.54, 1.807) is 0 Å². The summed E-state index contributed by atoms with van der Waals surface area (Å²) in [6, 6.07) is 0. The zero-order valence-corrected chi connectivity index (χ0v) is 48.8.